The predicted octanol–water partition coefficient (Wildman–Crippen LogP) is 1.78. The summed E-state index contributed by atoms with van der Waals surface area (Å²) in [5, 5.41) is 14.0. The van der Waals surface area contributed by atoms with Crippen LogP contribution in [-0.2, 0) is 27.2 Å². The van der Waals surface area contributed by atoms with E-state index in [1.807, 2.05) is 60.7 Å². The summed E-state index contributed by atoms with van der Waals surface area (Å²) in [7, 11) is 3.02. The molecule has 0 unspecified atom stereocenters. The highest BCUT2D eigenvalue weighted by Crippen LogP contribution is 2.22. The van der Waals surface area contributed by atoms with E-state index in [0.717, 1.165) is 15.7 Å². The number of aromatic nitrogens is 4. The van der Waals surface area contributed by atoms with Gasteiger partial charge in [0.15, 0.2) is 11.2 Å². The molecule has 0 bridgehead atoms. The third kappa shape index (κ3) is 3.53. The van der Waals surface area contributed by atoms with Gasteiger partial charge in [-0.05, 0) is 11.1 Å². The van der Waals surface area contributed by atoms with E-state index in [0.29, 0.717) is 12.5 Å². The van der Waals surface area contributed by atoms with Crippen LogP contribution in [0.25, 0.3) is 11.2 Å². The van der Waals surface area contributed by atoms with E-state index in [1.54, 1.807) is 11.6 Å². The van der Waals surface area contributed by atoms with Crippen LogP contribution in [0.3, 0.4) is 0 Å². The molecule has 0 spiro atoms. The number of aliphatic hydroxyl groups is 1. The molecule has 2 aromatic carbocycles. The Bertz CT molecular complexity index is 1290. The third-order valence-electron chi connectivity index (χ3n) is 5.18. The molecule has 4 aromatic rings. The Morgan fingerprint density at radius 1 is 0.967 bits per heavy atom. The molecule has 0 fully saturated rings. The lowest BCUT2D eigenvalue weighted by molar-refractivity contribution is 0.158. The van der Waals surface area contributed by atoms with E-state index in [2.05, 4.69) is 10.3 Å². The van der Waals surface area contributed by atoms with Gasteiger partial charge in [0.25, 0.3) is 5.56 Å². The summed E-state index contributed by atoms with van der Waals surface area (Å²) in [5.74, 6) is 0.419. The number of aryl methyl sites for hydroxylation is 1. The van der Waals surface area contributed by atoms with Gasteiger partial charge in [0.05, 0.1) is 12.6 Å². The number of fused-ring (bicyclic) bond motifs is 1. The number of benzene rings is 2. The van der Waals surface area contributed by atoms with Gasteiger partial charge in [-0.2, -0.15) is 4.98 Å². The smallest absolute Gasteiger partial charge is 0.332 e. The number of hydrogen-bond donors (Lipinski definition) is 2. The van der Waals surface area contributed by atoms with Gasteiger partial charge in [-0.25, -0.2) is 4.79 Å². The van der Waals surface area contributed by atoms with E-state index in [-0.39, 0.29) is 17.7 Å². The topological polar surface area (TPSA) is 94.1 Å². The fraction of sp³-hybridized carbons (Fsp3) is 0.227. The Hall–Kier alpha value is -3.65. The summed E-state index contributed by atoms with van der Waals surface area (Å²) < 4.78 is 4.05. The molecule has 0 radical (unpaired) electrons. The SMILES string of the molecule is Cn1c(=O)c2c(nc(NCc3ccccc3)n2C[C@H](O)c2ccccc2)n(C)c1=O. The number of hydrogen-bond acceptors (Lipinski definition) is 5. The molecule has 30 heavy (non-hydrogen) atoms. The Labute approximate surface area is 172 Å². The van der Waals surface area contributed by atoms with Gasteiger partial charge in [-0.1, -0.05) is 60.7 Å². The van der Waals surface area contributed by atoms with Gasteiger partial charge in [0.2, 0.25) is 5.95 Å². The highest BCUT2D eigenvalue weighted by atomic mass is 16.3. The second-order valence-electron chi connectivity index (χ2n) is 7.19. The maximum atomic E-state index is 12.9. The van der Waals surface area contributed by atoms with Crippen molar-refractivity contribution in [2.24, 2.45) is 14.1 Å². The number of anilines is 1. The van der Waals surface area contributed by atoms with E-state index < -0.39 is 17.4 Å². The molecule has 2 aromatic heterocycles. The van der Waals surface area contributed by atoms with Gasteiger partial charge in [-0.3, -0.25) is 13.9 Å². The number of nitrogens with zero attached hydrogens (tertiary/aromatic N) is 4. The summed E-state index contributed by atoms with van der Waals surface area (Å²) in [6.45, 7) is 0.602. The summed E-state index contributed by atoms with van der Waals surface area (Å²) in [6, 6.07) is 19.0. The average molecular weight is 405 g/mol. The monoisotopic (exact) mass is 405 g/mol. The number of rotatable bonds is 6. The molecule has 0 aliphatic rings. The largest absolute Gasteiger partial charge is 0.387 e. The van der Waals surface area contributed by atoms with Crippen molar-refractivity contribution in [3.05, 3.63) is 92.6 Å². The summed E-state index contributed by atoms with van der Waals surface area (Å²) in [5.41, 5.74) is 1.42. The van der Waals surface area contributed by atoms with Crippen LogP contribution >= 0.6 is 0 Å². The van der Waals surface area contributed by atoms with Crippen molar-refractivity contribution in [1.82, 2.24) is 18.7 Å². The van der Waals surface area contributed by atoms with Gasteiger partial charge < -0.3 is 15.0 Å². The zero-order chi connectivity index (χ0) is 21.3. The molecule has 4 rings (SSSR count). The lowest BCUT2D eigenvalue weighted by Crippen LogP contribution is -2.37. The zero-order valence-electron chi connectivity index (χ0n) is 16.8. The highest BCUT2D eigenvalue weighted by molar-refractivity contribution is 5.74. The Kier molecular flexibility index (Phi) is 5.24. The van der Waals surface area contributed by atoms with Crippen molar-refractivity contribution in [3.63, 3.8) is 0 Å². The molecule has 1 atom stereocenters. The third-order valence-corrected chi connectivity index (χ3v) is 5.18. The van der Waals surface area contributed by atoms with Crippen molar-refractivity contribution in [3.8, 4) is 0 Å². The molecule has 2 N–H and O–H groups in total. The molecule has 8 heteroatoms. The summed E-state index contributed by atoms with van der Waals surface area (Å²) in [6.07, 6.45) is -0.845. The normalized spacial score (nSPS) is 12.2. The van der Waals surface area contributed by atoms with Crippen LogP contribution in [0.1, 0.15) is 17.2 Å². The number of imidazole rings is 1. The van der Waals surface area contributed by atoms with E-state index in [4.69, 9.17) is 0 Å². The number of nitrogens with one attached hydrogen (secondary N) is 1. The molecular weight excluding hydrogens is 382 g/mol. The molecule has 0 aliphatic carbocycles. The second kappa shape index (κ2) is 8.00. The Morgan fingerprint density at radius 3 is 2.27 bits per heavy atom. The van der Waals surface area contributed by atoms with E-state index in [1.165, 1.54) is 11.6 Å². The van der Waals surface area contributed by atoms with Gasteiger partial charge in [0.1, 0.15) is 0 Å². The van der Waals surface area contributed by atoms with Gasteiger partial charge in [0, 0.05) is 20.6 Å². The Morgan fingerprint density at radius 2 is 1.60 bits per heavy atom. The van der Waals surface area contributed by atoms with E-state index >= 15 is 0 Å². The van der Waals surface area contributed by atoms with Crippen LogP contribution in [0.2, 0.25) is 0 Å². The van der Waals surface area contributed by atoms with Crippen molar-refractivity contribution in [2.45, 2.75) is 19.2 Å². The molecule has 2 heterocycles. The van der Waals surface area contributed by atoms with Crippen molar-refractivity contribution in [2.75, 3.05) is 5.32 Å². The van der Waals surface area contributed by atoms with Gasteiger partial charge >= 0.3 is 5.69 Å². The molecular formula is C22H23N5O3. The fourth-order valence-corrected chi connectivity index (χ4v) is 3.49. The molecule has 0 saturated carbocycles. The zero-order valence-corrected chi connectivity index (χ0v) is 16.8. The first-order valence-electron chi connectivity index (χ1n) is 9.64. The van der Waals surface area contributed by atoms with Crippen molar-refractivity contribution in [1.29, 1.82) is 0 Å². The summed E-state index contributed by atoms with van der Waals surface area (Å²) in [4.78, 5) is 29.8. The lowest BCUT2D eigenvalue weighted by atomic mass is 10.1. The minimum atomic E-state index is -0.845. The van der Waals surface area contributed by atoms with Crippen molar-refractivity contribution >= 4 is 17.1 Å². The van der Waals surface area contributed by atoms with Crippen molar-refractivity contribution < 1.29 is 5.11 Å². The fourth-order valence-electron chi connectivity index (χ4n) is 3.49. The standard InChI is InChI=1S/C22H23N5O3/c1-25-19-18(20(29)26(2)22(25)30)27(14-17(28)16-11-7-4-8-12-16)21(24-19)23-13-15-9-5-3-6-10-15/h3-12,17,28H,13-14H2,1-2H3,(H,23,24)/t17-/m0/s1. The molecule has 8 nitrogen and oxygen atoms in total. The second-order valence-corrected chi connectivity index (χ2v) is 7.19. The predicted molar refractivity (Wildman–Crippen MR) is 115 cm³/mol. The van der Waals surface area contributed by atoms with E-state index in [9.17, 15) is 14.7 Å². The average Bonchev–Trinajstić information content (AvgIpc) is 3.14. The summed E-state index contributed by atoms with van der Waals surface area (Å²) >= 11 is 0. The minimum absolute atomic E-state index is 0.116. The quantitative estimate of drug-likeness (QED) is 0.510. The Balaban J connectivity index is 1.82. The molecule has 0 aliphatic heterocycles. The molecule has 0 saturated heterocycles. The highest BCUT2D eigenvalue weighted by Gasteiger charge is 2.21. The first-order valence-corrected chi connectivity index (χ1v) is 9.64. The van der Waals surface area contributed by atoms with Crippen LogP contribution in [0.5, 0.6) is 0 Å². The van der Waals surface area contributed by atoms with Crippen LogP contribution in [0.15, 0.2) is 70.3 Å². The van der Waals surface area contributed by atoms with Crippen LogP contribution in [0.4, 0.5) is 5.95 Å². The van der Waals surface area contributed by atoms with Crippen LogP contribution in [-0.4, -0.2) is 23.8 Å². The minimum Gasteiger partial charge on any atom is -0.387 e. The molecule has 154 valence electrons. The maximum absolute atomic E-state index is 12.9. The molecule has 0 amide bonds. The maximum Gasteiger partial charge on any atom is 0.332 e. The number of aliphatic hydroxyl groups excluding tert-OH is 1. The lowest BCUT2D eigenvalue weighted by Gasteiger charge is -2.15. The van der Waals surface area contributed by atoms with Crippen LogP contribution < -0.4 is 16.6 Å². The first-order chi connectivity index (χ1) is 14.5. The van der Waals surface area contributed by atoms with Crippen LogP contribution in [0, 0.1) is 0 Å². The first kappa shape index (κ1) is 19.7. The van der Waals surface area contributed by atoms with Gasteiger partial charge in [-0.15, -0.1) is 0 Å².